The Balaban J connectivity index is 2.41. The molecule has 0 aliphatic heterocycles. The minimum Gasteiger partial charge on any atom is -0.383 e. The van der Waals surface area contributed by atoms with E-state index in [2.05, 4.69) is 5.32 Å². The minimum atomic E-state index is -0.0147. The molecule has 0 fully saturated rings. The molecule has 0 saturated heterocycles. The van der Waals surface area contributed by atoms with Crippen LogP contribution in [0.25, 0.3) is 0 Å². The number of hydrogen-bond acceptors (Lipinski definition) is 3. The SMILES string of the molecule is COC[C@H](C)NC(=O)CN(C)Cc1ccccc1Cl. The average molecular weight is 285 g/mol. The molecule has 5 heteroatoms. The lowest BCUT2D eigenvalue weighted by Gasteiger charge is -2.19. The lowest BCUT2D eigenvalue weighted by molar-refractivity contribution is -0.123. The second kappa shape index (κ2) is 8.15. The molecule has 19 heavy (non-hydrogen) atoms. The molecule has 1 atom stereocenters. The molecule has 0 radical (unpaired) electrons. The summed E-state index contributed by atoms with van der Waals surface area (Å²) in [4.78, 5) is 13.7. The topological polar surface area (TPSA) is 41.6 Å². The number of hydrogen-bond donors (Lipinski definition) is 1. The summed E-state index contributed by atoms with van der Waals surface area (Å²) >= 11 is 6.09. The Morgan fingerprint density at radius 3 is 2.79 bits per heavy atom. The highest BCUT2D eigenvalue weighted by Gasteiger charge is 2.11. The molecule has 1 N–H and O–H groups in total. The van der Waals surface area contributed by atoms with Gasteiger partial charge in [0.05, 0.1) is 13.2 Å². The fourth-order valence-corrected chi connectivity index (χ4v) is 2.03. The van der Waals surface area contributed by atoms with Crippen LogP contribution in [0.2, 0.25) is 5.02 Å². The van der Waals surface area contributed by atoms with E-state index in [1.54, 1.807) is 7.11 Å². The largest absolute Gasteiger partial charge is 0.383 e. The Morgan fingerprint density at radius 1 is 1.47 bits per heavy atom. The zero-order valence-corrected chi connectivity index (χ0v) is 12.4. The van der Waals surface area contributed by atoms with E-state index in [1.807, 2.05) is 43.1 Å². The van der Waals surface area contributed by atoms with Crippen molar-refractivity contribution in [1.82, 2.24) is 10.2 Å². The van der Waals surface area contributed by atoms with Crippen molar-refractivity contribution < 1.29 is 9.53 Å². The van der Waals surface area contributed by atoms with Gasteiger partial charge in [0.25, 0.3) is 0 Å². The average Bonchev–Trinajstić information content (AvgIpc) is 2.31. The van der Waals surface area contributed by atoms with E-state index in [0.29, 0.717) is 19.7 Å². The van der Waals surface area contributed by atoms with Gasteiger partial charge in [-0.1, -0.05) is 29.8 Å². The van der Waals surface area contributed by atoms with Crippen LogP contribution in [-0.2, 0) is 16.1 Å². The molecule has 1 aromatic rings. The summed E-state index contributed by atoms with van der Waals surface area (Å²) in [6.07, 6.45) is 0. The van der Waals surface area contributed by atoms with Crippen molar-refractivity contribution in [2.45, 2.75) is 19.5 Å². The highest BCUT2D eigenvalue weighted by Crippen LogP contribution is 2.16. The summed E-state index contributed by atoms with van der Waals surface area (Å²) in [6, 6.07) is 7.67. The number of amides is 1. The lowest BCUT2D eigenvalue weighted by atomic mass is 10.2. The number of benzene rings is 1. The van der Waals surface area contributed by atoms with Gasteiger partial charge in [0.2, 0.25) is 5.91 Å². The molecule has 1 amide bonds. The molecule has 0 bridgehead atoms. The van der Waals surface area contributed by atoms with Gasteiger partial charge in [-0.05, 0) is 25.6 Å². The summed E-state index contributed by atoms with van der Waals surface area (Å²) in [6.45, 7) is 3.40. The molecule has 0 spiro atoms. The van der Waals surface area contributed by atoms with E-state index in [9.17, 15) is 4.79 Å². The third-order valence-electron chi connectivity index (χ3n) is 2.64. The standard InChI is InChI=1S/C14H21ClN2O2/c1-11(10-19-3)16-14(18)9-17(2)8-12-6-4-5-7-13(12)15/h4-7,11H,8-10H2,1-3H3,(H,16,18)/t11-/m0/s1. The monoisotopic (exact) mass is 284 g/mol. The minimum absolute atomic E-state index is 0.0147. The van der Waals surface area contributed by atoms with Crippen molar-refractivity contribution in [2.75, 3.05) is 27.3 Å². The van der Waals surface area contributed by atoms with Crippen molar-refractivity contribution in [3.63, 3.8) is 0 Å². The number of ether oxygens (including phenoxy) is 1. The number of nitrogens with zero attached hydrogens (tertiary/aromatic N) is 1. The van der Waals surface area contributed by atoms with E-state index in [-0.39, 0.29) is 11.9 Å². The highest BCUT2D eigenvalue weighted by atomic mass is 35.5. The van der Waals surface area contributed by atoms with E-state index in [4.69, 9.17) is 16.3 Å². The summed E-state index contributed by atoms with van der Waals surface area (Å²) in [5, 5.41) is 3.60. The molecular weight excluding hydrogens is 264 g/mol. The van der Waals surface area contributed by atoms with Gasteiger partial charge in [-0.25, -0.2) is 0 Å². The van der Waals surface area contributed by atoms with Gasteiger partial charge in [0.1, 0.15) is 0 Å². The van der Waals surface area contributed by atoms with Crippen LogP contribution in [0.3, 0.4) is 0 Å². The molecule has 0 heterocycles. The van der Waals surface area contributed by atoms with Crippen LogP contribution in [0.4, 0.5) is 0 Å². The molecule has 0 aromatic heterocycles. The molecule has 0 unspecified atom stereocenters. The maximum absolute atomic E-state index is 11.8. The summed E-state index contributed by atoms with van der Waals surface area (Å²) in [7, 11) is 3.51. The van der Waals surface area contributed by atoms with E-state index < -0.39 is 0 Å². The van der Waals surface area contributed by atoms with Crippen LogP contribution in [0.1, 0.15) is 12.5 Å². The van der Waals surface area contributed by atoms with Gasteiger partial charge < -0.3 is 10.1 Å². The first kappa shape index (κ1) is 16.0. The molecule has 1 aromatic carbocycles. The normalized spacial score (nSPS) is 12.5. The van der Waals surface area contributed by atoms with Gasteiger partial charge in [-0.15, -0.1) is 0 Å². The van der Waals surface area contributed by atoms with Gasteiger partial charge in [0.15, 0.2) is 0 Å². The zero-order chi connectivity index (χ0) is 14.3. The van der Waals surface area contributed by atoms with Crippen LogP contribution in [0, 0.1) is 0 Å². The smallest absolute Gasteiger partial charge is 0.234 e. The Morgan fingerprint density at radius 2 is 2.16 bits per heavy atom. The van der Waals surface area contributed by atoms with Gasteiger partial charge in [0, 0.05) is 24.7 Å². The Kier molecular flexibility index (Phi) is 6.84. The van der Waals surface area contributed by atoms with Crippen molar-refractivity contribution in [3.05, 3.63) is 34.9 Å². The van der Waals surface area contributed by atoms with Crippen LogP contribution in [0.15, 0.2) is 24.3 Å². The number of halogens is 1. The highest BCUT2D eigenvalue weighted by molar-refractivity contribution is 6.31. The first-order chi connectivity index (χ1) is 9.02. The lowest BCUT2D eigenvalue weighted by Crippen LogP contribution is -2.41. The summed E-state index contributed by atoms with van der Waals surface area (Å²) in [5.74, 6) is -0.0147. The fraction of sp³-hybridized carbons (Fsp3) is 0.500. The van der Waals surface area contributed by atoms with Crippen LogP contribution in [-0.4, -0.2) is 44.2 Å². The maximum Gasteiger partial charge on any atom is 0.234 e. The number of carbonyl (C=O) groups excluding carboxylic acids is 1. The number of nitrogens with one attached hydrogen (secondary N) is 1. The molecule has 106 valence electrons. The third-order valence-corrected chi connectivity index (χ3v) is 3.00. The van der Waals surface area contributed by atoms with Crippen molar-refractivity contribution in [2.24, 2.45) is 0 Å². The second-order valence-corrected chi connectivity index (χ2v) is 5.09. The molecule has 0 aliphatic carbocycles. The van der Waals surface area contributed by atoms with Gasteiger partial charge >= 0.3 is 0 Å². The number of carbonyl (C=O) groups is 1. The van der Waals surface area contributed by atoms with Crippen LogP contribution in [0.5, 0.6) is 0 Å². The fourth-order valence-electron chi connectivity index (χ4n) is 1.83. The van der Waals surface area contributed by atoms with Crippen molar-refractivity contribution >= 4 is 17.5 Å². The Labute approximate surface area is 119 Å². The third kappa shape index (κ3) is 6.05. The first-order valence-corrected chi connectivity index (χ1v) is 6.61. The van der Waals surface area contributed by atoms with Crippen molar-refractivity contribution in [1.29, 1.82) is 0 Å². The predicted octanol–water partition coefficient (Wildman–Crippen LogP) is 1.92. The quantitative estimate of drug-likeness (QED) is 0.832. The number of methoxy groups -OCH3 is 1. The molecule has 0 aliphatic rings. The maximum atomic E-state index is 11.8. The van der Waals surface area contributed by atoms with Crippen LogP contribution >= 0.6 is 11.6 Å². The van der Waals surface area contributed by atoms with E-state index >= 15 is 0 Å². The summed E-state index contributed by atoms with van der Waals surface area (Å²) < 4.78 is 4.98. The van der Waals surface area contributed by atoms with E-state index in [0.717, 1.165) is 10.6 Å². The first-order valence-electron chi connectivity index (χ1n) is 6.23. The molecular formula is C14H21ClN2O2. The second-order valence-electron chi connectivity index (χ2n) is 4.69. The predicted molar refractivity (Wildman–Crippen MR) is 77.3 cm³/mol. The molecule has 4 nitrogen and oxygen atoms in total. The summed E-state index contributed by atoms with van der Waals surface area (Å²) in [5.41, 5.74) is 1.02. The Hall–Kier alpha value is -1.10. The van der Waals surface area contributed by atoms with Gasteiger partial charge in [-0.3, -0.25) is 9.69 Å². The van der Waals surface area contributed by atoms with Crippen LogP contribution < -0.4 is 5.32 Å². The van der Waals surface area contributed by atoms with E-state index in [1.165, 1.54) is 0 Å². The Bertz CT molecular complexity index is 412. The molecule has 0 saturated carbocycles. The number of likely N-dealkylation sites (N-methyl/N-ethyl adjacent to an activating group) is 1. The van der Waals surface area contributed by atoms with Crippen molar-refractivity contribution in [3.8, 4) is 0 Å². The van der Waals surface area contributed by atoms with Gasteiger partial charge in [-0.2, -0.15) is 0 Å². The zero-order valence-electron chi connectivity index (χ0n) is 11.6. The molecule has 1 rings (SSSR count). The number of rotatable bonds is 7.